The van der Waals surface area contributed by atoms with E-state index in [1.807, 2.05) is 0 Å². The molecule has 3 aromatic carbocycles. The van der Waals surface area contributed by atoms with Crippen LogP contribution in [-0.4, -0.2) is 16.1 Å². The van der Waals surface area contributed by atoms with Gasteiger partial charge in [-0.15, -0.1) is 0 Å². The fourth-order valence-corrected chi connectivity index (χ4v) is 4.35. The molecule has 2 aromatic heterocycles. The van der Waals surface area contributed by atoms with Crippen molar-refractivity contribution in [2.45, 2.75) is 26.4 Å². The first-order valence-corrected chi connectivity index (χ1v) is 10.1. The molecule has 0 amide bonds. The van der Waals surface area contributed by atoms with E-state index in [-0.39, 0.29) is 0 Å². The van der Waals surface area contributed by atoms with Gasteiger partial charge < -0.3 is 14.9 Å². The minimum absolute atomic E-state index is 0.893. The number of nitrogens with zero attached hydrogens (tertiary/aromatic N) is 1. The number of aryl methyl sites for hydroxylation is 1. The molecule has 2 heterocycles. The number of hydrogen-bond donors (Lipinski definition) is 2. The van der Waals surface area contributed by atoms with Gasteiger partial charge in [0.1, 0.15) is 0 Å². The summed E-state index contributed by atoms with van der Waals surface area (Å²) in [5.41, 5.74) is 6.58. The number of benzene rings is 3. The van der Waals surface area contributed by atoms with Crippen molar-refractivity contribution in [3.05, 3.63) is 84.1 Å². The largest absolute Gasteiger partial charge is 0.361 e. The molecule has 5 aromatic rings. The van der Waals surface area contributed by atoms with Gasteiger partial charge in [0.2, 0.25) is 0 Å². The lowest BCUT2D eigenvalue weighted by Gasteiger charge is -2.06. The number of para-hydroxylation sites is 2. The fourth-order valence-electron chi connectivity index (χ4n) is 4.35. The molecule has 0 bridgehead atoms. The summed E-state index contributed by atoms with van der Waals surface area (Å²) in [6.07, 6.45) is 3.17. The molecule has 0 spiro atoms. The number of hydrogen-bond acceptors (Lipinski definition) is 1. The standard InChI is InChI=1S/C25H25N3/c1-2-28-24-10-6-4-8-21(24)22-15-18(11-12-25(22)28)16-26-14-13-19-17-27-23-9-5-3-7-20(19)23/h3-12,15,17,26-27H,2,13-14,16H2,1H3. The first kappa shape index (κ1) is 17.1. The molecule has 0 fully saturated rings. The number of rotatable bonds is 6. The van der Waals surface area contributed by atoms with E-state index in [0.29, 0.717) is 0 Å². The molecule has 0 atom stereocenters. The Bertz CT molecular complexity index is 1260. The normalized spacial score (nSPS) is 11.8. The molecule has 0 unspecified atom stereocenters. The zero-order valence-corrected chi connectivity index (χ0v) is 16.2. The van der Waals surface area contributed by atoms with E-state index in [9.17, 15) is 0 Å². The van der Waals surface area contributed by atoms with Crippen molar-refractivity contribution in [3.8, 4) is 0 Å². The average Bonchev–Trinajstić information content (AvgIpc) is 3.30. The second kappa shape index (κ2) is 7.17. The highest BCUT2D eigenvalue weighted by Crippen LogP contribution is 2.29. The maximum Gasteiger partial charge on any atom is 0.0491 e. The van der Waals surface area contributed by atoms with Crippen LogP contribution in [0.3, 0.4) is 0 Å². The summed E-state index contributed by atoms with van der Waals surface area (Å²) in [6.45, 7) is 5.07. The predicted molar refractivity (Wildman–Crippen MR) is 119 cm³/mol. The van der Waals surface area contributed by atoms with E-state index in [4.69, 9.17) is 0 Å². The zero-order chi connectivity index (χ0) is 18.9. The summed E-state index contributed by atoms with van der Waals surface area (Å²) in [5, 5.41) is 7.65. The maximum absolute atomic E-state index is 3.62. The smallest absolute Gasteiger partial charge is 0.0491 e. The average molecular weight is 367 g/mol. The second-order valence-electron chi connectivity index (χ2n) is 7.40. The van der Waals surface area contributed by atoms with Crippen LogP contribution in [0.4, 0.5) is 0 Å². The van der Waals surface area contributed by atoms with Crippen molar-refractivity contribution < 1.29 is 0 Å². The van der Waals surface area contributed by atoms with Crippen molar-refractivity contribution in [2.24, 2.45) is 0 Å². The summed E-state index contributed by atoms with van der Waals surface area (Å²) in [4.78, 5) is 3.36. The monoisotopic (exact) mass is 367 g/mol. The Morgan fingerprint density at radius 3 is 2.54 bits per heavy atom. The molecule has 3 nitrogen and oxygen atoms in total. The molecular weight excluding hydrogens is 342 g/mol. The summed E-state index contributed by atoms with van der Waals surface area (Å²) in [5.74, 6) is 0. The van der Waals surface area contributed by atoms with Gasteiger partial charge in [0.25, 0.3) is 0 Å². The van der Waals surface area contributed by atoms with Crippen molar-refractivity contribution in [1.29, 1.82) is 0 Å². The summed E-state index contributed by atoms with van der Waals surface area (Å²) in [6, 6.07) is 24.1. The first-order chi connectivity index (χ1) is 13.8. The van der Waals surface area contributed by atoms with E-state index in [1.165, 1.54) is 43.8 Å². The van der Waals surface area contributed by atoms with Crippen molar-refractivity contribution in [2.75, 3.05) is 6.54 Å². The van der Waals surface area contributed by atoms with Gasteiger partial charge in [0.05, 0.1) is 0 Å². The van der Waals surface area contributed by atoms with Crippen molar-refractivity contribution in [1.82, 2.24) is 14.9 Å². The minimum Gasteiger partial charge on any atom is -0.361 e. The van der Waals surface area contributed by atoms with Crippen LogP contribution in [0.15, 0.2) is 72.9 Å². The Balaban J connectivity index is 1.32. The molecule has 0 saturated carbocycles. The van der Waals surface area contributed by atoms with Crippen LogP contribution >= 0.6 is 0 Å². The van der Waals surface area contributed by atoms with E-state index < -0.39 is 0 Å². The Morgan fingerprint density at radius 2 is 1.64 bits per heavy atom. The van der Waals surface area contributed by atoms with Crippen LogP contribution < -0.4 is 5.32 Å². The lowest BCUT2D eigenvalue weighted by atomic mass is 10.1. The third-order valence-corrected chi connectivity index (χ3v) is 5.73. The molecule has 2 N–H and O–H groups in total. The first-order valence-electron chi connectivity index (χ1n) is 10.1. The molecule has 0 radical (unpaired) electrons. The SMILES string of the molecule is CCn1c2ccccc2c2cc(CNCCc3c[nH]c4ccccc34)ccc21. The molecule has 0 aliphatic carbocycles. The molecule has 28 heavy (non-hydrogen) atoms. The Kier molecular flexibility index (Phi) is 4.38. The lowest BCUT2D eigenvalue weighted by molar-refractivity contribution is 0.689. The van der Waals surface area contributed by atoms with Gasteiger partial charge in [0.15, 0.2) is 0 Å². The predicted octanol–water partition coefficient (Wildman–Crippen LogP) is 5.63. The van der Waals surface area contributed by atoms with Gasteiger partial charge in [-0.05, 0) is 55.3 Å². The molecule has 0 saturated heterocycles. The van der Waals surface area contributed by atoms with Gasteiger partial charge >= 0.3 is 0 Å². The third kappa shape index (κ3) is 2.88. The Hall–Kier alpha value is -3.04. The minimum atomic E-state index is 0.893. The van der Waals surface area contributed by atoms with Crippen molar-refractivity contribution >= 4 is 32.7 Å². The quantitative estimate of drug-likeness (QED) is 0.375. The molecule has 0 aliphatic rings. The molecular formula is C25H25N3. The van der Waals surface area contributed by atoms with Gasteiger partial charge in [0, 0.05) is 52.0 Å². The topological polar surface area (TPSA) is 32.8 Å². The van der Waals surface area contributed by atoms with Gasteiger partial charge in [-0.25, -0.2) is 0 Å². The van der Waals surface area contributed by atoms with E-state index in [1.54, 1.807) is 0 Å². The van der Waals surface area contributed by atoms with Gasteiger partial charge in [-0.3, -0.25) is 0 Å². The highest BCUT2D eigenvalue weighted by Gasteiger charge is 2.09. The van der Waals surface area contributed by atoms with Crippen LogP contribution in [0, 0.1) is 0 Å². The zero-order valence-electron chi connectivity index (χ0n) is 16.2. The highest BCUT2D eigenvalue weighted by atomic mass is 15.0. The second-order valence-corrected chi connectivity index (χ2v) is 7.40. The maximum atomic E-state index is 3.62. The van der Waals surface area contributed by atoms with E-state index >= 15 is 0 Å². The van der Waals surface area contributed by atoms with Crippen LogP contribution in [0.5, 0.6) is 0 Å². The number of fused-ring (bicyclic) bond motifs is 4. The van der Waals surface area contributed by atoms with Crippen LogP contribution in [0.25, 0.3) is 32.7 Å². The Labute approximate surface area is 165 Å². The highest BCUT2D eigenvalue weighted by molar-refractivity contribution is 6.08. The number of nitrogens with one attached hydrogen (secondary N) is 2. The summed E-state index contributed by atoms with van der Waals surface area (Å²) < 4.78 is 2.40. The molecule has 0 aliphatic heterocycles. The Morgan fingerprint density at radius 1 is 0.857 bits per heavy atom. The lowest BCUT2D eigenvalue weighted by Crippen LogP contribution is -2.16. The third-order valence-electron chi connectivity index (χ3n) is 5.73. The number of aromatic amines is 1. The molecule has 3 heteroatoms. The van der Waals surface area contributed by atoms with Gasteiger partial charge in [-0.1, -0.05) is 42.5 Å². The van der Waals surface area contributed by atoms with Crippen LogP contribution in [0.1, 0.15) is 18.1 Å². The number of aromatic nitrogens is 2. The molecule has 140 valence electrons. The fraction of sp³-hybridized carbons (Fsp3) is 0.200. The summed E-state index contributed by atoms with van der Waals surface area (Å²) in [7, 11) is 0. The van der Waals surface area contributed by atoms with Gasteiger partial charge in [-0.2, -0.15) is 0 Å². The molecule has 5 rings (SSSR count). The van der Waals surface area contributed by atoms with Crippen LogP contribution in [0.2, 0.25) is 0 Å². The van der Waals surface area contributed by atoms with E-state index in [0.717, 1.165) is 26.1 Å². The van der Waals surface area contributed by atoms with Crippen LogP contribution in [-0.2, 0) is 19.5 Å². The number of H-pyrrole nitrogens is 1. The van der Waals surface area contributed by atoms with Crippen molar-refractivity contribution in [3.63, 3.8) is 0 Å². The van der Waals surface area contributed by atoms with E-state index in [2.05, 4.69) is 94.7 Å². The summed E-state index contributed by atoms with van der Waals surface area (Å²) >= 11 is 0.